The lowest BCUT2D eigenvalue weighted by Crippen LogP contribution is -2.55. The molecule has 0 heterocycles. The third kappa shape index (κ3) is 18.3. The smallest absolute Gasteiger partial charge is 0.0739 e. The first-order valence-electron chi connectivity index (χ1n) is 11.0. The Morgan fingerprint density at radius 3 is 1.26 bits per heavy atom. The Hall–Kier alpha value is -0.875. The SMILES string of the molecule is CCCC[NH3+].CCCC[NH3+].CCCCc1cc(CCCC)cc(B([O-])[O-])c1. The van der Waals surface area contributed by atoms with E-state index in [-0.39, 0.29) is 0 Å². The van der Waals surface area contributed by atoms with Crippen LogP contribution < -0.4 is 27.0 Å². The average Bonchev–Trinajstić information content (AvgIpc) is 2.67. The highest BCUT2D eigenvalue weighted by Crippen LogP contribution is 2.10. The maximum Gasteiger partial charge on any atom is 0.0739 e. The monoisotopic (exact) mass is 380 g/mol. The average molecular weight is 380 g/mol. The van der Waals surface area contributed by atoms with Crippen molar-refractivity contribution in [3.05, 3.63) is 29.3 Å². The van der Waals surface area contributed by atoms with E-state index in [2.05, 4.69) is 45.2 Å². The van der Waals surface area contributed by atoms with E-state index in [1.807, 2.05) is 0 Å². The number of hydrogen-bond donors (Lipinski definition) is 2. The molecule has 6 N–H and O–H groups in total. The van der Waals surface area contributed by atoms with Crippen LogP contribution in [0.4, 0.5) is 0 Å². The van der Waals surface area contributed by atoms with Crippen LogP contribution in [0.15, 0.2) is 18.2 Å². The van der Waals surface area contributed by atoms with Gasteiger partial charge in [0.2, 0.25) is 0 Å². The molecule has 158 valence electrons. The van der Waals surface area contributed by atoms with Crippen LogP contribution in [0.1, 0.15) is 90.2 Å². The molecule has 0 aliphatic heterocycles. The molecule has 1 rings (SSSR count). The number of benzene rings is 1. The third-order valence-corrected chi connectivity index (χ3v) is 4.19. The van der Waals surface area contributed by atoms with Crippen LogP contribution in [0, 0.1) is 0 Å². The Bertz CT molecular complexity index is 393. The molecule has 0 radical (unpaired) electrons. The second kappa shape index (κ2) is 21.4. The quantitative estimate of drug-likeness (QED) is 0.556. The Morgan fingerprint density at radius 2 is 1.04 bits per heavy atom. The second-order valence-corrected chi connectivity index (χ2v) is 7.04. The van der Waals surface area contributed by atoms with E-state index in [4.69, 9.17) is 0 Å². The lowest BCUT2D eigenvalue weighted by molar-refractivity contribution is -0.368. The molecule has 0 spiro atoms. The van der Waals surface area contributed by atoms with Crippen LogP contribution in [0.3, 0.4) is 0 Å². The van der Waals surface area contributed by atoms with Gasteiger partial charge in [0.25, 0.3) is 0 Å². The first-order valence-corrected chi connectivity index (χ1v) is 11.0. The van der Waals surface area contributed by atoms with Gasteiger partial charge in [-0.25, -0.2) is 0 Å². The van der Waals surface area contributed by atoms with Crippen molar-refractivity contribution in [3.8, 4) is 0 Å². The minimum absolute atomic E-state index is 0.407. The van der Waals surface area contributed by atoms with Gasteiger partial charge in [0.1, 0.15) is 0 Å². The van der Waals surface area contributed by atoms with Crippen molar-refractivity contribution >= 4 is 12.6 Å². The molecule has 0 amide bonds. The van der Waals surface area contributed by atoms with Crippen LogP contribution in [-0.4, -0.2) is 20.2 Å². The van der Waals surface area contributed by atoms with Crippen LogP contribution >= 0.6 is 0 Å². The molecule has 1 aromatic rings. The fourth-order valence-electron chi connectivity index (χ4n) is 2.48. The predicted octanol–water partition coefficient (Wildman–Crippen LogP) is 0.844. The van der Waals surface area contributed by atoms with E-state index in [0.717, 1.165) is 62.7 Å². The third-order valence-electron chi connectivity index (χ3n) is 4.19. The van der Waals surface area contributed by atoms with Gasteiger partial charge in [-0.05, 0) is 49.7 Å². The summed E-state index contributed by atoms with van der Waals surface area (Å²) >= 11 is 0. The molecule has 0 fully saturated rings. The van der Waals surface area contributed by atoms with Crippen molar-refractivity contribution in [2.75, 3.05) is 13.1 Å². The summed E-state index contributed by atoms with van der Waals surface area (Å²) in [5.41, 5.74) is 10.0. The molecule has 0 saturated carbocycles. The molecule has 0 aliphatic carbocycles. The molecule has 0 unspecified atom stereocenters. The number of aryl methyl sites for hydroxylation is 2. The summed E-state index contributed by atoms with van der Waals surface area (Å²) in [6.07, 6.45) is 11.5. The maximum atomic E-state index is 11.0. The molecule has 1 aromatic carbocycles. The van der Waals surface area contributed by atoms with Crippen LogP contribution in [0.5, 0.6) is 0 Å². The lowest BCUT2D eigenvalue weighted by Gasteiger charge is -2.28. The Morgan fingerprint density at radius 1 is 0.667 bits per heavy atom. The van der Waals surface area contributed by atoms with E-state index < -0.39 is 7.12 Å². The normalized spacial score (nSPS) is 9.78. The van der Waals surface area contributed by atoms with Crippen molar-refractivity contribution in [2.45, 2.75) is 91.9 Å². The molecule has 27 heavy (non-hydrogen) atoms. The van der Waals surface area contributed by atoms with Crippen LogP contribution in [-0.2, 0) is 12.8 Å². The molecule has 0 aliphatic rings. The van der Waals surface area contributed by atoms with Gasteiger partial charge in [-0.3, -0.25) is 0 Å². The summed E-state index contributed by atoms with van der Waals surface area (Å²) in [4.78, 5) is 0. The van der Waals surface area contributed by atoms with Crippen molar-refractivity contribution in [1.29, 1.82) is 0 Å². The fraction of sp³-hybridized carbons (Fsp3) is 0.727. The molecule has 0 atom stereocenters. The zero-order valence-corrected chi connectivity index (χ0v) is 18.5. The van der Waals surface area contributed by atoms with Gasteiger partial charge in [0.05, 0.1) is 13.1 Å². The van der Waals surface area contributed by atoms with Gasteiger partial charge in [-0.15, -0.1) is 5.46 Å². The Kier molecular flexibility index (Phi) is 22.5. The predicted molar refractivity (Wildman–Crippen MR) is 114 cm³/mol. The van der Waals surface area contributed by atoms with E-state index in [9.17, 15) is 10.0 Å². The summed E-state index contributed by atoms with van der Waals surface area (Å²) in [7, 11) is -1.85. The minimum Gasteiger partial charge on any atom is -0.889 e. The van der Waals surface area contributed by atoms with Gasteiger partial charge in [0, 0.05) is 0 Å². The highest BCUT2D eigenvalue weighted by atomic mass is 16.4. The number of unbranched alkanes of at least 4 members (excludes halogenated alkanes) is 4. The minimum atomic E-state index is -1.85. The maximum absolute atomic E-state index is 11.0. The van der Waals surface area contributed by atoms with E-state index in [1.54, 1.807) is 12.1 Å². The molecular weight excluding hydrogens is 335 g/mol. The molecular formula is C22H45BN2O2. The van der Waals surface area contributed by atoms with E-state index >= 15 is 0 Å². The standard InChI is InChI=1S/C14H21BO2.2C4H11N/c1-3-5-7-12-9-13(8-6-4-2)11-14(10-12)15(16)17;2*1-2-3-4-5/h9-11H,3-8H2,1-2H3;2*2-5H2,1H3/q-2;;/p+2. The summed E-state index contributed by atoms with van der Waals surface area (Å²) in [5.74, 6) is 0. The van der Waals surface area contributed by atoms with Gasteiger partial charge < -0.3 is 21.5 Å². The van der Waals surface area contributed by atoms with Crippen molar-refractivity contribution < 1.29 is 21.5 Å². The largest absolute Gasteiger partial charge is 0.889 e. The fourth-order valence-corrected chi connectivity index (χ4v) is 2.48. The zero-order chi connectivity index (χ0) is 20.9. The van der Waals surface area contributed by atoms with E-state index in [1.165, 1.54) is 25.7 Å². The van der Waals surface area contributed by atoms with Crippen molar-refractivity contribution in [1.82, 2.24) is 0 Å². The topological polar surface area (TPSA) is 101 Å². The molecule has 0 bridgehead atoms. The number of hydrogen-bond acceptors (Lipinski definition) is 2. The Labute approximate surface area is 168 Å². The van der Waals surface area contributed by atoms with Gasteiger partial charge in [-0.1, -0.05) is 78.7 Å². The lowest BCUT2D eigenvalue weighted by atomic mass is 9.78. The van der Waals surface area contributed by atoms with Gasteiger partial charge in [-0.2, -0.15) is 0 Å². The van der Waals surface area contributed by atoms with E-state index in [0.29, 0.717) is 5.46 Å². The summed E-state index contributed by atoms with van der Waals surface area (Å²) in [6.45, 7) is 10.8. The van der Waals surface area contributed by atoms with Crippen LogP contribution in [0.2, 0.25) is 0 Å². The first kappa shape index (κ1) is 28.3. The number of quaternary nitrogens is 2. The number of rotatable bonds is 11. The zero-order valence-electron chi connectivity index (χ0n) is 18.5. The highest BCUT2D eigenvalue weighted by molar-refractivity contribution is 6.55. The first-order chi connectivity index (χ1) is 13.0. The molecule has 0 saturated heterocycles. The molecule has 5 heteroatoms. The molecule has 0 aromatic heterocycles. The summed E-state index contributed by atoms with van der Waals surface area (Å²) in [6, 6.07) is 5.72. The van der Waals surface area contributed by atoms with Crippen molar-refractivity contribution in [2.24, 2.45) is 0 Å². The highest BCUT2D eigenvalue weighted by Gasteiger charge is 2.00. The van der Waals surface area contributed by atoms with Crippen molar-refractivity contribution in [3.63, 3.8) is 0 Å². The Balaban J connectivity index is 0. The van der Waals surface area contributed by atoms with Crippen LogP contribution in [0.25, 0.3) is 0 Å². The van der Waals surface area contributed by atoms with Gasteiger partial charge >= 0.3 is 0 Å². The summed E-state index contributed by atoms with van der Waals surface area (Å²) < 4.78 is 0. The summed E-state index contributed by atoms with van der Waals surface area (Å²) in [5, 5.41) is 22.1. The molecule has 4 nitrogen and oxygen atoms in total. The second-order valence-electron chi connectivity index (χ2n) is 7.04. The van der Waals surface area contributed by atoms with Gasteiger partial charge in [0.15, 0.2) is 0 Å².